The van der Waals surface area contributed by atoms with E-state index in [-0.39, 0.29) is 23.3 Å². The maximum atomic E-state index is 12.6. The highest BCUT2D eigenvalue weighted by atomic mass is 35.5. The molecule has 2 aromatic rings. The molecule has 1 aromatic carbocycles. The van der Waals surface area contributed by atoms with Crippen LogP contribution >= 0.6 is 23.4 Å². The summed E-state index contributed by atoms with van der Waals surface area (Å²) in [6, 6.07) is 9.47. The minimum absolute atomic E-state index is 0.0525. The van der Waals surface area contributed by atoms with Gasteiger partial charge in [0.1, 0.15) is 0 Å². The second kappa shape index (κ2) is 7.79. The van der Waals surface area contributed by atoms with Crippen LogP contribution in [0.15, 0.2) is 30.3 Å². The van der Waals surface area contributed by atoms with Crippen molar-refractivity contribution >= 4 is 39.0 Å². The molecule has 1 aromatic heterocycles. The molecule has 7 heteroatoms. The maximum absolute atomic E-state index is 12.6. The number of hydrogen-bond acceptors (Lipinski definition) is 4. The maximum Gasteiger partial charge on any atom is 0.174 e. The summed E-state index contributed by atoms with van der Waals surface area (Å²) in [5, 5.41) is 0.705. The molecule has 0 spiro atoms. The molecule has 26 heavy (non-hydrogen) atoms. The fraction of sp³-hybridized carbons (Fsp3) is 0.421. The van der Waals surface area contributed by atoms with Gasteiger partial charge >= 0.3 is 0 Å². The van der Waals surface area contributed by atoms with Gasteiger partial charge in [0.05, 0.1) is 17.3 Å². The number of carbonyl (C=O) groups is 1. The molecule has 1 saturated heterocycles. The van der Waals surface area contributed by atoms with Crippen LogP contribution < -0.4 is 0 Å². The van der Waals surface area contributed by atoms with Crippen molar-refractivity contribution in [3.8, 4) is 0 Å². The van der Waals surface area contributed by atoms with Crippen LogP contribution in [0.25, 0.3) is 0 Å². The molecule has 0 amide bonds. The van der Waals surface area contributed by atoms with Crippen molar-refractivity contribution < 1.29 is 13.2 Å². The molecule has 140 valence electrons. The standard InChI is InChI=1S/C19H22ClNO3S2/c1-13-9-18(14(2)21(13)17-7-8-26(23,24)12-17)19(22)11-25-10-15-3-5-16(20)6-4-15/h3-6,9,17H,7-8,10-12H2,1-2H3. The largest absolute Gasteiger partial charge is 0.344 e. The number of nitrogens with zero attached hydrogens (tertiary/aromatic N) is 1. The Bertz CT molecular complexity index is 917. The Morgan fingerprint density at radius 2 is 1.96 bits per heavy atom. The summed E-state index contributed by atoms with van der Waals surface area (Å²) in [5.41, 5.74) is 3.67. The number of ketones is 1. The summed E-state index contributed by atoms with van der Waals surface area (Å²) < 4.78 is 25.6. The van der Waals surface area contributed by atoms with Crippen LogP contribution in [0, 0.1) is 13.8 Å². The average Bonchev–Trinajstić information content (AvgIpc) is 3.08. The molecule has 0 saturated carbocycles. The van der Waals surface area contributed by atoms with E-state index in [0.29, 0.717) is 22.8 Å². The third kappa shape index (κ3) is 4.35. The summed E-state index contributed by atoms with van der Waals surface area (Å²) in [7, 11) is -2.96. The lowest BCUT2D eigenvalue weighted by Gasteiger charge is -2.16. The second-order valence-electron chi connectivity index (χ2n) is 6.75. The third-order valence-corrected chi connectivity index (χ3v) is 7.78. The van der Waals surface area contributed by atoms with E-state index in [1.165, 1.54) is 0 Å². The Morgan fingerprint density at radius 3 is 2.58 bits per heavy atom. The van der Waals surface area contributed by atoms with Gasteiger partial charge in [-0.15, -0.1) is 11.8 Å². The Kier molecular flexibility index (Phi) is 5.85. The molecule has 1 atom stereocenters. The summed E-state index contributed by atoms with van der Waals surface area (Å²) in [6.45, 7) is 3.85. The highest BCUT2D eigenvalue weighted by Crippen LogP contribution is 2.29. The Hall–Kier alpha value is -1.24. The SMILES string of the molecule is Cc1cc(C(=O)CSCc2ccc(Cl)cc2)c(C)n1C1CCS(=O)(=O)C1. The van der Waals surface area contributed by atoms with E-state index in [2.05, 4.69) is 0 Å². The van der Waals surface area contributed by atoms with Crippen LogP contribution in [0.2, 0.25) is 5.02 Å². The Morgan fingerprint density at radius 1 is 1.27 bits per heavy atom. The molecular formula is C19H22ClNO3S2. The van der Waals surface area contributed by atoms with Gasteiger partial charge in [-0.3, -0.25) is 4.79 Å². The van der Waals surface area contributed by atoms with Crippen LogP contribution in [-0.2, 0) is 15.6 Å². The van der Waals surface area contributed by atoms with Crippen molar-refractivity contribution in [1.82, 2.24) is 4.57 Å². The summed E-state index contributed by atoms with van der Waals surface area (Å²) in [4.78, 5) is 12.6. The zero-order valence-corrected chi connectivity index (χ0v) is 17.3. The monoisotopic (exact) mass is 411 g/mol. The van der Waals surface area contributed by atoms with E-state index < -0.39 is 9.84 Å². The molecule has 1 aliphatic heterocycles. The molecule has 0 radical (unpaired) electrons. The Labute approximate surface area is 163 Å². The van der Waals surface area contributed by atoms with E-state index in [4.69, 9.17) is 11.6 Å². The lowest BCUT2D eigenvalue weighted by molar-refractivity contribution is 0.102. The van der Waals surface area contributed by atoms with Crippen LogP contribution in [0.4, 0.5) is 0 Å². The molecule has 1 aliphatic rings. The quantitative estimate of drug-likeness (QED) is 0.667. The van der Waals surface area contributed by atoms with Gasteiger partial charge in [0, 0.05) is 33.8 Å². The molecular weight excluding hydrogens is 390 g/mol. The Balaban J connectivity index is 1.66. The van der Waals surface area contributed by atoms with Crippen molar-refractivity contribution in [2.75, 3.05) is 17.3 Å². The van der Waals surface area contributed by atoms with Gasteiger partial charge < -0.3 is 4.57 Å². The number of Topliss-reactive ketones (excluding diaryl/α,β-unsaturated/α-hetero) is 1. The molecule has 2 heterocycles. The first kappa shape index (κ1) is 19.5. The number of aromatic nitrogens is 1. The van der Waals surface area contributed by atoms with Crippen LogP contribution in [0.1, 0.15) is 39.8 Å². The number of halogens is 1. The second-order valence-corrected chi connectivity index (χ2v) is 10.4. The molecule has 0 bridgehead atoms. The van der Waals surface area contributed by atoms with Crippen molar-refractivity contribution in [3.05, 3.63) is 57.9 Å². The topological polar surface area (TPSA) is 56.1 Å². The number of benzene rings is 1. The van der Waals surface area contributed by atoms with Crippen molar-refractivity contribution in [1.29, 1.82) is 0 Å². The van der Waals surface area contributed by atoms with Gasteiger partial charge in [0.15, 0.2) is 15.6 Å². The average molecular weight is 412 g/mol. The van der Waals surface area contributed by atoms with E-state index >= 15 is 0 Å². The fourth-order valence-electron chi connectivity index (χ4n) is 3.52. The number of thioether (sulfide) groups is 1. The molecule has 1 unspecified atom stereocenters. The number of rotatable bonds is 6. The van der Waals surface area contributed by atoms with Gasteiger partial charge in [-0.25, -0.2) is 8.42 Å². The van der Waals surface area contributed by atoms with Gasteiger partial charge in [0.2, 0.25) is 0 Å². The van der Waals surface area contributed by atoms with E-state index in [1.54, 1.807) is 11.8 Å². The smallest absolute Gasteiger partial charge is 0.174 e. The van der Waals surface area contributed by atoms with Gasteiger partial charge in [-0.1, -0.05) is 23.7 Å². The van der Waals surface area contributed by atoms with Crippen molar-refractivity contribution in [3.63, 3.8) is 0 Å². The minimum Gasteiger partial charge on any atom is -0.344 e. The minimum atomic E-state index is -2.96. The first-order chi connectivity index (χ1) is 12.3. The zero-order valence-electron chi connectivity index (χ0n) is 14.9. The van der Waals surface area contributed by atoms with Crippen molar-refractivity contribution in [2.24, 2.45) is 0 Å². The predicted molar refractivity (Wildman–Crippen MR) is 108 cm³/mol. The van der Waals surface area contributed by atoms with Crippen LogP contribution in [0.5, 0.6) is 0 Å². The third-order valence-electron chi connectivity index (χ3n) is 4.77. The van der Waals surface area contributed by atoms with Gasteiger partial charge in [0.25, 0.3) is 0 Å². The lowest BCUT2D eigenvalue weighted by Crippen LogP contribution is -2.14. The van der Waals surface area contributed by atoms with Crippen LogP contribution in [0.3, 0.4) is 0 Å². The zero-order chi connectivity index (χ0) is 18.9. The fourth-order valence-corrected chi connectivity index (χ4v) is 6.22. The normalized spacial score (nSPS) is 19.0. The first-order valence-electron chi connectivity index (χ1n) is 8.51. The number of aryl methyl sites for hydroxylation is 1. The molecule has 4 nitrogen and oxygen atoms in total. The highest BCUT2D eigenvalue weighted by Gasteiger charge is 2.31. The van der Waals surface area contributed by atoms with Gasteiger partial charge in [-0.05, 0) is 44.0 Å². The lowest BCUT2D eigenvalue weighted by atomic mass is 10.2. The van der Waals surface area contributed by atoms with E-state index in [1.807, 2.05) is 48.7 Å². The summed E-state index contributed by atoms with van der Waals surface area (Å²) in [5.74, 6) is 1.64. The van der Waals surface area contributed by atoms with Crippen LogP contribution in [-0.4, -0.2) is 36.0 Å². The predicted octanol–water partition coefficient (Wildman–Crippen LogP) is 4.23. The highest BCUT2D eigenvalue weighted by molar-refractivity contribution is 7.99. The van der Waals surface area contributed by atoms with Gasteiger partial charge in [-0.2, -0.15) is 0 Å². The summed E-state index contributed by atoms with van der Waals surface area (Å²) >= 11 is 7.45. The molecule has 3 rings (SSSR count). The summed E-state index contributed by atoms with van der Waals surface area (Å²) in [6.07, 6.45) is 0.623. The molecule has 1 fully saturated rings. The number of carbonyl (C=O) groups excluding carboxylic acids is 1. The molecule has 0 aliphatic carbocycles. The number of sulfone groups is 1. The first-order valence-corrected chi connectivity index (χ1v) is 11.9. The molecule has 0 N–H and O–H groups in total. The van der Waals surface area contributed by atoms with E-state index in [9.17, 15) is 13.2 Å². The van der Waals surface area contributed by atoms with E-state index in [0.717, 1.165) is 22.7 Å². The van der Waals surface area contributed by atoms with Crippen molar-refractivity contribution in [2.45, 2.75) is 32.1 Å². The number of hydrogen-bond donors (Lipinski definition) is 0.